The van der Waals surface area contributed by atoms with Crippen LogP contribution in [0.2, 0.25) is 0 Å². The van der Waals surface area contributed by atoms with Crippen LogP contribution in [0.5, 0.6) is 0 Å². The van der Waals surface area contributed by atoms with Gasteiger partial charge in [0.2, 0.25) is 0 Å². The van der Waals surface area contributed by atoms with Gasteiger partial charge >= 0.3 is 5.97 Å². The van der Waals surface area contributed by atoms with Crippen LogP contribution in [0, 0.1) is 0 Å². The van der Waals surface area contributed by atoms with Crippen LogP contribution in [-0.2, 0) is 4.79 Å². The number of aliphatic carboxylic acids is 1. The number of carbonyl (C=O) groups is 2. The topological polar surface area (TPSA) is 109 Å². The Hall–Kier alpha value is -2.18. The van der Waals surface area contributed by atoms with Crippen LogP contribution < -0.4 is 10.6 Å². The third kappa shape index (κ3) is 3.40. The Bertz CT molecular complexity index is 422. The van der Waals surface area contributed by atoms with Gasteiger partial charge in [0.1, 0.15) is 0 Å². The zero-order valence-electron chi connectivity index (χ0n) is 9.46. The standard InChI is InChI=1S/C10H14N4O3/c1-2-14(6-3-7(15)16)10-8(9(11)17)12-4-5-13-10/h4-5H,2-3,6H2,1H3,(H2,11,17)(H,15,16). The highest BCUT2D eigenvalue weighted by Crippen LogP contribution is 2.14. The number of primary amides is 1. The third-order valence-corrected chi connectivity index (χ3v) is 2.19. The summed E-state index contributed by atoms with van der Waals surface area (Å²) in [5, 5.41) is 8.63. The molecule has 0 aliphatic carbocycles. The number of anilines is 1. The van der Waals surface area contributed by atoms with Crippen LogP contribution in [0.4, 0.5) is 5.82 Å². The number of rotatable bonds is 6. The molecule has 0 fully saturated rings. The lowest BCUT2D eigenvalue weighted by molar-refractivity contribution is -0.136. The van der Waals surface area contributed by atoms with Crippen LogP contribution in [0.1, 0.15) is 23.8 Å². The SMILES string of the molecule is CCN(CCC(=O)O)c1nccnc1C(N)=O. The molecule has 1 heterocycles. The van der Waals surface area contributed by atoms with E-state index in [1.54, 1.807) is 4.90 Å². The molecule has 0 bridgehead atoms. The van der Waals surface area contributed by atoms with Gasteiger partial charge in [-0.1, -0.05) is 0 Å². The van der Waals surface area contributed by atoms with E-state index in [-0.39, 0.29) is 18.7 Å². The fraction of sp³-hybridized carbons (Fsp3) is 0.400. The average Bonchev–Trinajstić information content (AvgIpc) is 2.30. The number of amides is 1. The molecular formula is C10H14N4O3. The van der Waals surface area contributed by atoms with Gasteiger partial charge in [0.05, 0.1) is 6.42 Å². The third-order valence-electron chi connectivity index (χ3n) is 2.19. The van der Waals surface area contributed by atoms with E-state index in [0.29, 0.717) is 12.4 Å². The van der Waals surface area contributed by atoms with E-state index in [1.807, 2.05) is 6.92 Å². The predicted octanol–water partition coefficient (Wildman–Crippen LogP) is -0.124. The zero-order valence-corrected chi connectivity index (χ0v) is 9.46. The van der Waals surface area contributed by atoms with Crippen LogP contribution in [-0.4, -0.2) is 40.0 Å². The van der Waals surface area contributed by atoms with Crippen molar-refractivity contribution < 1.29 is 14.7 Å². The summed E-state index contributed by atoms with van der Waals surface area (Å²) in [7, 11) is 0. The lowest BCUT2D eigenvalue weighted by atomic mass is 10.3. The van der Waals surface area contributed by atoms with Gasteiger partial charge in [-0.3, -0.25) is 9.59 Å². The summed E-state index contributed by atoms with van der Waals surface area (Å²) in [6.07, 6.45) is 2.77. The molecule has 1 aromatic rings. The van der Waals surface area contributed by atoms with Crippen molar-refractivity contribution in [1.82, 2.24) is 9.97 Å². The number of aromatic nitrogens is 2. The summed E-state index contributed by atoms with van der Waals surface area (Å²) >= 11 is 0. The minimum absolute atomic E-state index is 0.0391. The van der Waals surface area contributed by atoms with E-state index in [9.17, 15) is 9.59 Å². The molecule has 1 rings (SSSR count). The smallest absolute Gasteiger partial charge is 0.305 e. The van der Waals surface area contributed by atoms with Gasteiger partial charge < -0.3 is 15.7 Å². The molecule has 0 atom stereocenters. The van der Waals surface area contributed by atoms with Gasteiger partial charge in [-0.15, -0.1) is 0 Å². The van der Waals surface area contributed by atoms with E-state index in [0.717, 1.165) is 0 Å². The Morgan fingerprint density at radius 1 is 1.41 bits per heavy atom. The normalized spacial score (nSPS) is 9.94. The first-order chi connectivity index (χ1) is 8.06. The van der Waals surface area contributed by atoms with Gasteiger partial charge in [0, 0.05) is 25.5 Å². The molecule has 0 radical (unpaired) electrons. The highest BCUT2D eigenvalue weighted by atomic mass is 16.4. The van der Waals surface area contributed by atoms with Gasteiger partial charge in [0.15, 0.2) is 11.5 Å². The van der Waals surface area contributed by atoms with Gasteiger partial charge in [-0.25, -0.2) is 9.97 Å². The minimum Gasteiger partial charge on any atom is -0.481 e. The highest BCUT2D eigenvalue weighted by molar-refractivity contribution is 5.95. The molecule has 7 nitrogen and oxygen atoms in total. The molecule has 0 saturated heterocycles. The summed E-state index contributed by atoms with van der Waals surface area (Å²) in [6, 6.07) is 0. The Kier molecular flexibility index (Phi) is 4.38. The number of hydrogen-bond acceptors (Lipinski definition) is 5. The maximum absolute atomic E-state index is 11.2. The molecule has 0 saturated carbocycles. The van der Waals surface area contributed by atoms with Crippen molar-refractivity contribution in [2.75, 3.05) is 18.0 Å². The van der Waals surface area contributed by atoms with Crippen molar-refractivity contribution in [3.63, 3.8) is 0 Å². The second-order valence-electron chi connectivity index (χ2n) is 3.32. The molecule has 7 heteroatoms. The Morgan fingerprint density at radius 2 is 2.06 bits per heavy atom. The molecule has 3 N–H and O–H groups in total. The molecular weight excluding hydrogens is 224 g/mol. The molecule has 1 amide bonds. The van der Waals surface area contributed by atoms with Gasteiger partial charge in [-0.05, 0) is 6.92 Å². The number of hydrogen-bond donors (Lipinski definition) is 2. The Balaban J connectivity index is 2.94. The number of carboxylic acids is 1. The monoisotopic (exact) mass is 238 g/mol. The number of carboxylic acid groups (broad SMARTS) is 1. The second-order valence-corrected chi connectivity index (χ2v) is 3.32. The van der Waals surface area contributed by atoms with Crippen molar-refractivity contribution in [1.29, 1.82) is 0 Å². The molecule has 0 aliphatic rings. The molecule has 0 aliphatic heterocycles. The number of nitrogens with zero attached hydrogens (tertiary/aromatic N) is 3. The Morgan fingerprint density at radius 3 is 2.59 bits per heavy atom. The highest BCUT2D eigenvalue weighted by Gasteiger charge is 2.16. The van der Waals surface area contributed by atoms with E-state index < -0.39 is 11.9 Å². The summed E-state index contributed by atoms with van der Waals surface area (Å²) in [6.45, 7) is 2.61. The average molecular weight is 238 g/mol. The van der Waals surface area contributed by atoms with E-state index in [1.165, 1.54) is 12.4 Å². The lowest BCUT2D eigenvalue weighted by Gasteiger charge is -2.21. The van der Waals surface area contributed by atoms with Gasteiger partial charge in [0.25, 0.3) is 5.91 Å². The van der Waals surface area contributed by atoms with Gasteiger partial charge in [-0.2, -0.15) is 0 Å². The molecule has 0 spiro atoms. The predicted molar refractivity (Wildman–Crippen MR) is 60.7 cm³/mol. The molecule has 0 unspecified atom stereocenters. The van der Waals surface area contributed by atoms with E-state index >= 15 is 0 Å². The van der Waals surface area contributed by atoms with Crippen LogP contribution >= 0.6 is 0 Å². The summed E-state index contributed by atoms with van der Waals surface area (Å²) in [5.41, 5.74) is 5.23. The Labute approximate surface area is 98.3 Å². The van der Waals surface area contributed by atoms with E-state index in [2.05, 4.69) is 9.97 Å². The largest absolute Gasteiger partial charge is 0.481 e. The number of nitrogens with two attached hydrogens (primary N) is 1. The van der Waals surface area contributed by atoms with Crippen LogP contribution in [0.3, 0.4) is 0 Å². The zero-order chi connectivity index (χ0) is 12.8. The van der Waals surface area contributed by atoms with E-state index in [4.69, 9.17) is 10.8 Å². The minimum atomic E-state index is -0.909. The van der Waals surface area contributed by atoms with Crippen molar-refractivity contribution in [3.8, 4) is 0 Å². The summed E-state index contributed by atoms with van der Waals surface area (Å²) in [4.78, 5) is 31.2. The van der Waals surface area contributed by atoms with Crippen molar-refractivity contribution in [3.05, 3.63) is 18.1 Å². The fourth-order valence-electron chi connectivity index (χ4n) is 1.38. The van der Waals surface area contributed by atoms with Crippen molar-refractivity contribution in [2.45, 2.75) is 13.3 Å². The lowest BCUT2D eigenvalue weighted by Crippen LogP contribution is -2.30. The van der Waals surface area contributed by atoms with Crippen LogP contribution in [0.15, 0.2) is 12.4 Å². The maximum atomic E-state index is 11.2. The maximum Gasteiger partial charge on any atom is 0.305 e. The summed E-state index contributed by atoms with van der Waals surface area (Å²) < 4.78 is 0. The first kappa shape index (κ1) is 12.9. The quantitative estimate of drug-likeness (QED) is 0.714. The fourth-order valence-corrected chi connectivity index (χ4v) is 1.38. The molecule has 0 aromatic carbocycles. The first-order valence-corrected chi connectivity index (χ1v) is 5.13. The summed E-state index contributed by atoms with van der Waals surface area (Å²) in [5.74, 6) is -1.27. The van der Waals surface area contributed by atoms with Crippen molar-refractivity contribution >= 4 is 17.7 Å². The number of carbonyl (C=O) groups excluding carboxylic acids is 1. The van der Waals surface area contributed by atoms with Crippen molar-refractivity contribution in [2.24, 2.45) is 5.73 Å². The molecule has 92 valence electrons. The van der Waals surface area contributed by atoms with Crippen LogP contribution in [0.25, 0.3) is 0 Å². The second kappa shape index (κ2) is 5.78. The molecule has 1 aromatic heterocycles. The molecule has 17 heavy (non-hydrogen) atoms. The first-order valence-electron chi connectivity index (χ1n) is 5.13.